The Labute approximate surface area is 163 Å². The zero-order valence-corrected chi connectivity index (χ0v) is 16.6. The van der Waals surface area contributed by atoms with Crippen LogP contribution in [-0.2, 0) is 9.53 Å². The fraction of sp³-hybridized carbons (Fsp3) is 0.667. The molecule has 2 heterocycles. The van der Waals surface area contributed by atoms with Crippen molar-refractivity contribution in [2.75, 3.05) is 0 Å². The predicted octanol–water partition coefficient (Wildman–Crippen LogP) is 3.07. The maximum atomic E-state index is 13.3. The van der Waals surface area contributed by atoms with Gasteiger partial charge >= 0.3 is 5.97 Å². The van der Waals surface area contributed by atoms with Crippen molar-refractivity contribution in [2.24, 2.45) is 23.2 Å². The van der Waals surface area contributed by atoms with E-state index in [-0.39, 0.29) is 17.0 Å². The lowest BCUT2D eigenvalue weighted by Gasteiger charge is -2.56. The molecule has 4 fully saturated rings. The second-order valence-electron chi connectivity index (χ2n) is 9.30. The van der Waals surface area contributed by atoms with Crippen LogP contribution in [0.2, 0.25) is 0 Å². The van der Waals surface area contributed by atoms with Crippen LogP contribution < -0.4 is 0 Å². The SMILES string of the molecule is Cc1cc(C)n2nc(C(=O)O[C@H](C)C(=O)C34CC5CC(CC(C5)C3)C4)nc2n1. The summed E-state index contributed by atoms with van der Waals surface area (Å²) in [7, 11) is 0. The molecule has 1 atom stereocenters. The summed E-state index contributed by atoms with van der Waals surface area (Å²) in [4.78, 5) is 34.4. The van der Waals surface area contributed by atoms with Crippen LogP contribution in [0.15, 0.2) is 6.07 Å². The molecule has 6 rings (SSSR count). The summed E-state index contributed by atoms with van der Waals surface area (Å²) in [5.41, 5.74) is 1.37. The summed E-state index contributed by atoms with van der Waals surface area (Å²) < 4.78 is 7.06. The van der Waals surface area contributed by atoms with Gasteiger partial charge in [0.25, 0.3) is 11.6 Å². The summed E-state index contributed by atoms with van der Waals surface area (Å²) in [6.45, 7) is 5.44. The minimum absolute atomic E-state index is 0.0497. The summed E-state index contributed by atoms with van der Waals surface area (Å²) in [5, 5.41) is 4.22. The minimum atomic E-state index is -0.772. The number of esters is 1. The van der Waals surface area contributed by atoms with Gasteiger partial charge in [0.1, 0.15) is 0 Å². The molecule has 4 aliphatic carbocycles. The van der Waals surface area contributed by atoms with Gasteiger partial charge in [0.2, 0.25) is 0 Å². The molecule has 2 aromatic heterocycles. The fourth-order valence-corrected chi connectivity index (χ4v) is 6.36. The monoisotopic (exact) mass is 382 g/mol. The molecule has 0 amide bonds. The molecule has 0 aromatic carbocycles. The first kappa shape index (κ1) is 17.8. The van der Waals surface area contributed by atoms with Crippen LogP contribution in [0.5, 0.6) is 0 Å². The van der Waals surface area contributed by atoms with E-state index in [1.807, 2.05) is 19.9 Å². The Bertz CT molecular complexity index is 944. The molecule has 0 saturated heterocycles. The molecule has 2 aromatic rings. The number of ether oxygens (including phenoxy) is 1. The van der Waals surface area contributed by atoms with Gasteiger partial charge in [0.15, 0.2) is 11.9 Å². The van der Waals surface area contributed by atoms with Crippen LogP contribution in [0.1, 0.15) is 67.5 Å². The maximum Gasteiger partial charge on any atom is 0.379 e. The predicted molar refractivity (Wildman–Crippen MR) is 101 cm³/mol. The molecule has 0 N–H and O–H groups in total. The summed E-state index contributed by atoms with van der Waals surface area (Å²) >= 11 is 0. The Balaban J connectivity index is 1.34. The van der Waals surface area contributed by atoms with Crippen molar-refractivity contribution in [3.63, 3.8) is 0 Å². The van der Waals surface area contributed by atoms with Crippen molar-refractivity contribution in [1.29, 1.82) is 0 Å². The number of nitrogens with zero attached hydrogens (tertiary/aromatic N) is 4. The van der Waals surface area contributed by atoms with Crippen LogP contribution >= 0.6 is 0 Å². The second kappa shape index (κ2) is 6.09. The van der Waals surface area contributed by atoms with E-state index in [9.17, 15) is 9.59 Å². The van der Waals surface area contributed by atoms with Crippen LogP contribution in [0.3, 0.4) is 0 Å². The highest BCUT2D eigenvalue weighted by Crippen LogP contribution is 2.60. The van der Waals surface area contributed by atoms with Crippen LogP contribution in [0.25, 0.3) is 5.78 Å². The quantitative estimate of drug-likeness (QED) is 0.756. The van der Waals surface area contributed by atoms with Crippen molar-refractivity contribution in [2.45, 2.75) is 65.4 Å². The van der Waals surface area contributed by atoms with Gasteiger partial charge < -0.3 is 4.74 Å². The normalized spacial score (nSPS) is 31.9. The first-order chi connectivity index (χ1) is 13.3. The average molecular weight is 382 g/mol. The first-order valence-electron chi connectivity index (χ1n) is 10.3. The van der Waals surface area contributed by atoms with E-state index in [0.717, 1.165) is 30.7 Å². The van der Waals surface area contributed by atoms with Gasteiger partial charge in [0.05, 0.1) is 0 Å². The van der Waals surface area contributed by atoms with Gasteiger partial charge in [-0.3, -0.25) is 4.79 Å². The molecule has 7 heteroatoms. The number of carbonyl (C=O) groups excluding carboxylic acids is 2. The third-order valence-electron chi connectivity index (χ3n) is 7.01. The molecular weight excluding hydrogens is 356 g/mol. The van der Waals surface area contributed by atoms with Crippen LogP contribution in [0.4, 0.5) is 0 Å². The van der Waals surface area contributed by atoms with Gasteiger partial charge in [0, 0.05) is 16.8 Å². The lowest BCUT2D eigenvalue weighted by molar-refractivity contribution is -0.152. The average Bonchev–Trinajstić information content (AvgIpc) is 3.04. The van der Waals surface area contributed by atoms with E-state index in [2.05, 4.69) is 15.1 Å². The van der Waals surface area contributed by atoms with E-state index < -0.39 is 12.1 Å². The molecule has 0 spiro atoms. The summed E-state index contributed by atoms with van der Waals surface area (Å²) in [6, 6.07) is 1.87. The number of hydrogen-bond donors (Lipinski definition) is 0. The molecule has 0 radical (unpaired) electrons. The molecule has 4 saturated carbocycles. The fourth-order valence-electron chi connectivity index (χ4n) is 6.36. The Morgan fingerprint density at radius 1 is 1.11 bits per heavy atom. The van der Waals surface area contributed by atoms with Gasteiger partial charge in [-0.2, -0.15) is 4.98 Å². The number of rotatable bonds is 4. The Morgan fingerprint density at radius 2 is 1.71 bits per heavy atom. The lowest BCUT2D eigenvalue weighted by Crippen LogP contribution is -2.52. The van der Waals surface area contributed by atoms with Gasteiger partial charge in [-0.15, -0.1) is 5.10 Å². The van der Waals surface area contributed by atoms with Crippen LogP contribution in [0, 0.1) is 37.0 Å². The summed E-state index contributed by atoms with van der Waals surface area (Å²) in [5.74, 6) is 1.78. The smallest absolute Gasteiger partial charge is 0.379 e. The molecule has 148 valence electrons. The zero-order valence-electron chi connectivity index (χ0n) is 16.6. The third-order valence-corrected chi connectivity index (χ3v) is 7.01. The lowest BCUT2D eigenvalue weighted by atomic mass is 9.48. The molecule has 0 aliphatic heterocycles. The van der Waals surface area contributed by atoms with E-state index >= 15 is 0 Å². The number of aromatic nitrogens is 4. The Morgan fingerprint density at radius 3 is 2.32 bits per heavy atom. The number of fused-ring (bicyclic) bond motifs is 1. The minimum Gasteiger partial charge on any atom is -0.449 e. The number of aryl methyl sites for hydroxylation is 2. The van der Waals surface area contributed by atoms with Crippen molar-refractivity contribution in [1.82, 2.24) is 19.6 Å². The van der Waals surface area contributed by atoms with E-state index in [1.54, 1.807) is 6.92 Å². The maximum absolute atomic E-state index is 13.3. The van der Waals surface area contributed by atoms with Crippen molar-refractivity contribution >= 4 is 17.5 Å². The van der Waals surface area contributed by atoms with Gasteiger partial charge in [-0.1, -0.05) is 0 Å². The highest BCUT2D eigenvalue weighted by molar-refractivity contribution is 5.93. The van der Waals surface area contributed by atoms with Gasteiger partial charge in [-0.05, 0) is 83.1 Å². The highest BCUT2D eigenvalue weighted by Gasteiger charge is 2.55. The van der Waals surface area contributed by atoms with Crippen molar-refractivity contribution < 1.29 is 14.3 Å². The molecular formula is C21H26N4O3. The van der Waals surface area contributed by atoms with E-state index in [0.29, 0.717) is 23.5 Å². The second-order valence-corrected chi connectivity index (χ2v) is 9.30. The standard InChI is InChI=1S/C21H26N4O3/c1-11-4-12(2)25-20(22-11)23-18(24-25)19(27)28-13(3)17(26)21-8-14-5-15(9-21)7-16(6-14)10-21/h4,13-16H,5-10H2,1-3H3/t13-,14?,15?,16?,21?/m1/s1. The molecule has 7 nitrogen and oxygen atoms in total. The van der Waals surface area contributed by atoms with E-state index in [4.69, 9.17) is 4.74 Å². The molecule has 4 aliphatic rings. The topological polar surface area (TPSA) is 86.5 Å². The zero-order chi connectivity index (χ0) is 19.6. The van der Waals surface area contributed by atoms with Crippen LogP contribution in [-0.4, -0.2) is 37.4 Å². The molecule has 4 bridgehead atoms. The Hall–Kier alpha value is -2.31. The summed E-state index contributed by atoms with van der Waals surface area (Å²) in [6.07, 6.45) is 5.96. The number of Topliss-reactive ketones (excluding diaryl/α,β-unsaturated/α-hetero) is 1. The third kappa shape index (κ3) is 2.74. The number of hydrogen-bond acceptors (Lipinski definition) is 6. The molecule has 28 heavy (non-hydrogen) atoms. The highest BCUT2D eigenvalue weighted by atomic mass is 16.5. The van der Waals surface area contributed by atoms with E-state index in [1.165, 1.54) is 23.8 Å². The largest absolute Gasteiger partial charge is 0.449 e. The number of carbonyl (C=O) groups is 2. The van der Waals surface area contributed by atoms with Crippen molar-refractivity contribution in [3.05, 3.63) is 23.3 Å². The first-order valence-corrected chi connectivity index (χ1v) is 10.3. The van der Waals surface area contributed by atoms with Gasteiger partial charge in [-0.25, -0.2) is 14.3 Å². The number of ketones is 1. The Kier molecular flexibility index (Phi) is 3.87. The molecule has 0 unspecified atom stereocenters. The van der Waals surface area contributed by atoms with Crippen molar-refractivity contribution in [3.8, 4) is 0 Å².